The van der Waals surface area contributed by atoms with Gasteiger partial charge in [0, 0.05) is 24.9 Å². The monoisotopic (exact) mass is 286 g/mol. The van der Waals surface area contributed by atoms with E-state index in [0.717, 1.165) is 6.42 Å². The van der Waals surface area contributed by atoms with Crippen LogP contribution in [0.25, 0.3) is 0 Å². The summed E-state index contributed by atoms with van der Waals surface area (Å²) in [4.78, 5) is 24.6. The number of amides is 2. The summed E-state index contributed by atoms with van der Waals surface area (Å²) in [6, 6.07) is -0.0999. The number of carboxylic acid groups (broad SMARTS) is 1. The van der Waals surface area contributed by atoms with Crippen molar-refractivity contribution in [2.24, 2.45) is 5.92 Å². The zero-order valence-electron chi connectivity index (χ0n) is 11.1. The molecule has 1 unspecified atom stereocenters. The maximum absolute atomic E-state index is 12.0. The Balaban J connectivity index is 1.74. The lowest BCUT2D eigenvalue weighted by Crippen LogP contribution is -2.48. The molecule has 2 N–H and O–H groups in total. The number of hydrogen-bond donors (Lipinski definition) is 2. The van der Waals surface area contributed by atoms with E-state index in [4.69, 9.17) is 5.11 Å². The molecule has 0 radical (unpaired) electrons. The number of likely N-dealkylation sites (tertiary alicyclic amines) is 1. The molecule has 2 atom stereocenters. The van der Waals surface area contributed by atoms with Crippen LogP contribution in [0, 0.1) is 5.92 Å². The fourth-order valence-corrected chi connectivity index (χ4v) is 3.88. The fourth-order valence-electron chi connectivity index (χ4n) is 2.64. The number of carbonyl (C=O) groups excluding carboxylic acids is 1. The van der Waals surface area contributed by atoms with E-state index in [1.54, 1.807) is 4.90 Å². The van der Waals surface area contributed by atoms with Crippen molar-refractivity contribution < 1.29 is 14.7 Å². The zero-order valence-corrected chi connectivity index (χ0v) is 12.0. The Morgan fingerprint density at radius 2 is 2.11 bits per heavy atom. The van der Waals surface area contributed by atoms with Crippen molar-refractivity contribution in [2.75, 3.05) is 25.4 Å². The average molecular weight is 286 g/mol. The van der Waals surface area contributed by atoms with Gasteiger partial charge in [0.1, 0.15) is 0 Å². The summed E-state index contributed by atoms with van der Waals surface area (Å²) in [6.45, 7) is 1.73. The Bertz CT molecular complexity index is 332. The molecule has 0 aromatic carbocycles. The lowest BCUT2D eigenvalue weighted by atomic mass is 9.99. The van der Waals surface area contributed by atoms with Gasteiger partial charge in [-0.25, -0.2) is 4.79 Å². The number of hydrogen-bond acceptors (Lipinski definition) is 3. The molecule has 0 aliphatic carbocycles. The number of rotatable bonds is 3. The Labute approximate surface area is 118 Å². The van der Waals surface area contributed by atoms with Gasteiger partial charge in [-0.3, -0.25) is 4.79 Å². The second-order valence-electron chi connectivity index (χ2n) is 5.30. The second-order valence-corrected chi connectivity index (χ2v) is 6.71. The van der Waals surface area contributed by atoms with Crippen molar-refractivity contribution in [1.29, 1.82) is 0 Å². The normalized spacial score (nSPS) is 27.9. The van der Waals surface area contributed by atoms with Crippen molar-refractivity contribution in [1.82, 2.24) is 10.2 Å². The number of urea groups is 1. The van der Waals surface area contributed by atoms with Gasteiger partial charge in [-0.1, -0.05) is 6.42 Å². The predicted octanol–water partition coefficient (Wildman–Crippen LogP) is 1.78. The van der Waals surface area contributed by atoms with E-state index in [2.05, 4.69) is 5.32 Å². The van der Waals surface area contributed by atoms with Crippen LogP contribution in [0.5, 0.6) is 0 Å². The summed E-state index contributed by atoms with van der Waals surface area (Å²) >= 11 is 1.93. The third-order valence-electron chi connectivity index (χ3n) is 3.81. The summed E-state index contributed by atoms with van der Waals surface area (Å²) in [5.41, 5.74) is 0. The molecule has 2 amide bonds. The molecule has 19 heavy (non-hydrogen) atoms. The molecule has 0 aromatic rings. The van der Waals surface area contributed by atoms with Crippen LogP contribution in [0.1, 0.15) is 32.1 Å². The molecule has 2 aliphatic heterocycles. The summed E-state index contributed by atoms with van der Waals surface area (Å²) in [5.74, 6) is -0.00499. The molecular formula is C13H22N2O3S. The van der Waals surface area contributed by atoms with Crippen LogP contribution in [0.4, 0.5) is 4.79 Å². The molecule has 0 aromatic heterocycles. The molecule has 5 nitrogen and oxygen atoms in total. The van der Waals surface area contributed by atoms with Gasteiger partial charge in [0.25, 0.3) is 0 Å². The third-order valence-corrected chi connectivity index (χ3v) is 5.21. The minimum atomic E-state index is -0.791. The van der Waals surface area contributed by atoms with E-state index in [1.165, 1.54) is 25.0 Å². The molecule has 6 heteroatoms. The Hall–Kier alpha value is -0.910. The first-order valence-electron chi connectivity index (χ1n) is 7.04. The standard InChI is InChI=1S/C13H22N2O3S/c16-12(17)10-4-3-6-15(9-10)13(18)14-8-11-5-1-2-7-19-11/h10-11H,1-9H2,(H,14,18)(H,16,17)/t10-,11?/m1/s1. The van der Waals surface area contributed by atoms with Crippen LogP contribution in [0.2, 0.25) is 0 Å². The van der Waals surface area contributed by atoms with E-state index >= 15 is 0 Å². The topological polar surface area (TPSA) is 69.6 Å². The number of thioether (sulfide) groups is 1. The van der Waals surface area contributed by atoms with Gasteiger partial charge in [0.15, 0.2) is 0 Å². The first kappa shape index (κ1) is 14.5. The molecule has 0 spiro atoms. The van der Waals surface area contributed by atoms with Gasteiger partial charge >= 0.3 is 12.0 Å². The van der Waals surface area contributed by atoms with E-state index in [9.17, 15) is 9.59 Å². The van der Waals surface area contributed by atoms with Crippen molar-refractivity contribution in [2.45, 2.75) is 37.4 Å². The molecule has 0 saturated carbocycles. The number of carbonyl (C=O) groups is 2. The van der Waals surface area contributed by atoms with Gasteiger partial charge in [0.05, 0.1) is 5.92 Å². The highest BCUT2D eigenvalue weighted by atomic mass is 32.2. The smallest absolute Gasteiger partial charge is 0.317 e. The number of nitrogens with one attached hydrogen (secondary N) is 1. The van der Waals surface area contributed by atoms with Crippen LogP contribution in [-0.4, -0.2) is 52.6 Å². The largest absolute Gasteiger partial charge is 0.481 e. The SMILES string of the molecule is O=C(O)[C@@H]1CCCN(C(=O)NCC2CCCCS2)C1. The average Bonchev–Trinajstić information content (AvgIpc) is 2.46. The van der Waals surface area contributed by atoms with Crippen molar-refractivity contribution in [3.63, 3.8) is 0 Å². The second kappa shape index (κ2) is 7.03. The summed E-state index contributed by atoms with van der Waals surface area (Å²) < 4.78 is 0. The van der Waals surface area contributed by atoms with Gasteiger partial charge in [-0.15, -0.1) is 0 Å². The van der Waals surface area contributed by atoms with Crippen LogP contribution in [-0.2, 0) is 4.79 Å². The highest BCUT2D eigenvalue weighted by Gasteiger charge is 2.28. The van der Waals surface area contributed by atoms with Crippen molar-refractivity contribution in [3.05, 3.63) is 0 Å². The Morgan fingerprint density at radius 3 is 2.79 bits per heavy atom. The fraction of sp³-hybridized carbons (Fsp3) is 0.846. The highest BCUT2D eigenvalue weighted by Crippen LogP contribution is 2.24. The number of nitrogens with zero attached hydrogens (tertiary/aromatic N) is 1. The molecule has 2 saturated heterocycles. The molecular weight excluding hydrogens is 264 g/mol. The van der Waals surface area contributed by atoms with Crippen LogP contribution in [0.3, 0.4) is 0 Å². The zero-order chi connectivity index (χ0) is 13.7. The maximum Gasteiger partial charge on any atom is 0.317 e. The van der Waals surface area contributed by atoms with Crippen molar-refractivity contribution in [3.8, 4) is 0 Å². The number of aliphatic carboxylic acids is 1. The van der Waals surface area contributed by atoms with Crippen molar-refractivity contribution >= 4 is 23.8 Å². The van der Waals surface area contributed by atoms with Crippen LogP contribution in [0.15, 0.2) is 0 Å². The summed E-state index contributed by atoms with van der Waals surface area (Å²) in [5, 5.41) is 12.5. The Morgan fingerprint density at radius 1 is 1.26 bits per heavy atom. The van der Waals surface area contributed by atoms with Gasteiger partial charge in [-0.2, -0.15) is 11.8 Å². The first-order chi connectivity index (χ1) is 9.16. The number of carboxylic acids is 1. The van der Waals surface area contributed by atoms with E-state index in [0.29, 0.717) is 31.3 Å². The quantitative estimate of drug-likeness (QED) is 0.829. The van der Waals surface area contributed by atoms with Crippen LogP contribution >= 0.6 is 11.8 Å². The lowest BCUT2D eigenvalue weighted by Gasteiger charge is -2.31. The molecule has 2 aliphatic rings. The summed E-state index contributed by atoms with van der Waals surface area (Å²) in [7, 11) is 0. The molecule has 0 bridgehead atoms. The third kappa shape index (κ3) is 4.30. The minimum absolute atomic E-state index is 0.0999. The van der Waals surface area contributed by atoms with Gasteiger partial charge < -0.3 is 15.3 Å². The maximum atomic E-state index is 12.0. The van der Waals surface area contributed by atoms with Gasteiger partial charge in [0.2, 0.25) is 0 Å². The predicted molar refractivity (Wildman–Crippen MR) is 75.4 cm³/mol. The van der Waals surface area contributed by atoms with Gasteiger partial charge in [-0.05, 0) is 31.4 Å². The molecule has 2 heterocycles. The van der Waals surface area contributed by atoms with E-state index < -0.39 is 11.9 Å². The highest BCUT2D eigenvalue weighted by molar-refractivity contribution is 7.99. The molecule has 108 valence electrons. The minimum Gasteiger partial charge on any atom is -0.481 e. The number of piperidine rings is 1. The molecule has 2 fully saturated rings. The van der Waals surface area contributed by atoms with E-state index in [-0.39, 0.29) is 6.03 Å². The lowest BCUT2D eigenvalue weighted by molar-refractivity contribution is -0.143. The van der Waals surface area contributed by atoms with E-state index in [1.807, 2.05) is 11.8 Å². The summed E-state index contributed by atoms with van der Waals surface area (Å²) in [6.07, 6.45) is 5.16. The molecule has 2 rings (SSSR count). The first-order valence-corrected chi connectivity index (χ1v) is 8.09. The van der Waals surface area contributed by atoms with Crippen LogP contribution < -0.4 is 5.32 Å². The Kier molecular flexibility index (Phi) is 5.36.